The van der Waals surface area contributed by atoms with Gasteiger partial charge in [-0.15, -0.1) is 0 Å². The minimum Gasteiger partial charge on any atom is -0.508 e. The van der Waals surface area contributed by atoms with Gasteiger partial charge in [0.2, 0.25) is 0 Å². The number of carbonyl (C=O) groups is 2. The molecule has 0 radical (unpaired) electrons. The number of hydrogen-bond acceptors (Lipinski definition) is 6. The van der Waals surface area contributed by atoms with E-state index in [0.29, 0.717) is 12.3 Å². The highest BCUT2D eigenvalue weighted by atomic mass is 16.5. The Kier molecular flexibility index (Phi) is 7.80. The van der Waals surface area contributed by atoms with Crippen molar-refractivity contribution in [1.82, 2.24) is 0 Å². The fraction of sp³-hybridized carbons (Fsp3) is 0.227. The van der Waals surface area contributed by atoms with Crippen molar-refractivity contribution in [3.05, 3.63) is 65.9 Å². The maximum absolute atomic E-state index is 12.6. The number of benzene rings is 2. The molecule has 2 N–H and O–H groups in total. The number of esters is 1. The van der Waals surface area contributed by atoms with Crippen molar-refractivity contribution in [2.75, 3.05) is 23.9 Å². The molecular formula is C22H23N3O4. The van der Waals surface area contributed by atoms with Crippen LogP contribution in [0.25, 0.3) is 0 Å². The summed E-state index contributed by atoms with van der Waals surface area (Å²) in [6.07, 6.45) is 3.03. The number of para-hydroxylation sites is 1. The van der Waals surface area contributed by atoms with Crippen LogP contribution >= 0.6 is 0 Å². The third kappa shape index (κ3) is 6.11. The predicted molar refractivity (Wildman–Crippen MR) is 110 cm³/mol. The minimum absolute atomic E-state index is 0.117. The topological polar surface area (TPSA) is 103 Å². The second-order valence-corrected chi connectivity index (χ2v) is 6.27. The number of phenolic OH excluding ortho intramolecular Hbond substituents is 1. The third-order valence-corrected chi connectivity index (χ3v) is 4.07. The molecule has 29 heavy (non-hydrogen) atoms. The van der Waals surface area contributed by atoms with Gasteiger partial charge in [-0.1, -0.05) is 25.5 Å². The molecule has 7 heteroatoms. The number of carbonyl (C=O) groups excluding carboxylic acids is 2. The number of hydrogen-bond donors (Lipinski definition) is 2. The van der Waals surface area contributed by atoms with Gasteiger partial charge < -0.3 is 20.1 Å². The minimum atomic E-state index is -0.646. The van der Waals surface area contributed by atoms with E-state index in [4.69, 9.17) is 4.74 Å². The smallest absolute Gasteiger partial charge is 0.340 e. The molecule has 0 aliphatic rings. The van der Waals surface area contributed by atoms with Crippen molar-refractivity contribution in [2.24, 2.45) is 0 Å². The fourth-order valence-electron chi connectivity index (χ4n) is 2.44. The van der Waals surface area contributed by atoms with Crippen LogP contribution in [0.2, 0.25) is 0 Å². The monoisotopic (exact) mass is 393 g/mol. The largest absolute Gasteiger partial charge is 0.508 e. The number of aromatic hydroxyl groups is 1. The van der Waals surface area contributed by atoms with Gasteiger partial charge in [-0.2, -0.15) is 5.26 Å². The highest BCUT2D eigenvalue weighted by molar-refractivity contribution is 6.09. The van der Waals surface area contributed by atoms with Crippen molar-refractivity contribution >= 4 is 23.3 Å². The third-order valence-electron chi connectivity index (χ3n) is 4.07. The van der Waals surface area contributed by atoms with E-state index in [2.05, 4.69) is 5.32 Å². The molecule has 2 rings (SSSR count). The van der Waals surface area contributed by atoms with Crippen LogP contribution in [-0.2, 0) is 9.53 Å². The second-order valence-electron chi connectivity index (χ2n) is 6.27. The molecule has 0 unspecified atom stereocenters. The fourth-order valence-corrected chi connectivity index (χ4v) is 2.44. The van der Waals surface area contributed by atoms with Crippen LogP contribution in [0, 0.1) is 11.3 Å². The average Bonchev–Trinajstić information content (AvgIpc) is 2.72. The van der Waals surface area contributed by atoms with E-state index in [9.17, 15) is 20.0 Å². The Morgan fingerprint density at radius 3 is 2.55 bits per heavy atom. The summed E-state index contributed by atoms with van der Waals surface area (Å²) in [6, 6.07) is 14.7. The standard InChI is InChI=1S/C22H23N3O4/c1-3-4-13-29-22(28)19-7-5-6-8-20(19)24-21(27)16(14-23)15-25(2)17-9-11-18(26)12-10-17/h5-12,15,26H,3-4,13H2,1-2H3,(H,24,27)/b16-15-. The number of rotatable bonds is 8. The molecule has 0 aliphatic heterocycles. The summed E-state index contributed by atoms with van der Waals surface area (Å²) >= 11 is 0. The van der Waals surface area contributed by atoms with E-state index in [1.54, 1.807) is 48.3 Å². The highest BCUT2D eigenvalue weighted by Gasteiger charge is 2.17. The zero-order valence-electron chi connectivity index (χ0n) is 16.4. The molecule has 1 amide bonds. The van der Waals surface area contributed by atoms with Crippen molar-refractivity contribution < 1.29 is 19.4 Å². The lowest BCUT2D eigenvalue weighted by molar-refractivity contribution is -0.112. The summed E-state index contributed by atoms with van der Waals surface area (Å²) in [5.41, 5.74) is 1.03. The summed E-state index contributed by atoms with van der Waals surface area (Å²) in [6.45, 7) is 2.30. The SMILES string of the molecule is CCCCOC(=O)c1ccccc1NC(=O)/C(C#N)=C\N(C)c1ccc(O)cc1. The molecule has 150 valence electrons. The lowest BCUT2D eigenvalue weighted by Crippen LogP contribution is -2.19. The summed E-state index contributed by atoms with van der Waals surface area (Å²) < 4.78 is 5.21. The van der Waals surface area contributed by atoms with Crippen molar-refractivity contribution in [3.63, 3.8) is 0 Å². The molecule has 7 nitrogen and oxygen atoms in total. The molecule has 0 aromatic heterocycles. The van der Waals surface area contributed by atoms with Crippen molar-refractivity contribution in [2.45, 2.75) is 19.8 Å². The maximum Gasteiger partial charge on any atom is 0.340 e. The molecule has 0 heterocycles. The van der Waals surface area contributed by atoms with E-state index in [-0.39, 0.29) is 22.6 Å². The van der Waals surface area contributed by atoms with Crippen LogP contribution in [0.4, 0.5) is 11.4 Å². The zero-order chi connectivity index (χ0) is 21.2. The van der Waals surface area contributed by atoms with Gasteiger partial charge in [-0.25, -0.2) is 4.79 Å². The van der Waals surface area contributed by atoms with Crippen molar-refractivity contribution in [3.8, 4) is 11.8 Å². The highest BCUT2D eigenvalue weighted by Crippen LogP contribution is 2.20. The molecule has 0 spiro atoms. The van der Waals surface area contributed by atoms with Gasteiger partial charge in [-0.3, -0.25) is 4.79 Å². The maximum atomic E-state index is 12.6. The Morgan fingerprint density at radius 1 is 1.21 bits per heavy atom. The summed E-state index contributed by atoms with van der Waals surface area (Å²) in [5.74, 6) is -1.06. The number of phenols is 1. The Morgan fingerprint density at radius 2 is 1.90 bits per heavy atom. The van der Waals surface area contributed by atoms with Crippen LogP contribution in [0.15, 0.2) is 60.3 Å². The zero-order valence-corrected chi connectivity index (χ0v) is 16.4. The van der Waals surface area contributed by atoms with Gasteiger partial charge in [0.25, 0.3) is 5.91 Å². The summed E-state index contributed by atoms with van der Waals surface area (Å²) in [4.78, 5) is 26.4. The van der Waals surface area contributed by atoms with Crippen molar-refractivity contribution in [1.29, 1.82) is 5.26 Å². The number of nitrogens with one attached hydrogen (secondary N) is 1. The molecule has 0 bridgehead atoms. The van der Waals surface area contributed by atoms with Crippen LogP contribution in [-0.4, -0.2) is 30.6 Å². The first-order valence-corrected chi connectivity index (χ1v) is 9.17. The number of anilines is 2. The average molecular weight is 393 g/mol. The van der Waals surface area contributed by atoms with Gasteiger partial charge in [0.15, 0.2) is 0 Å². The summed E-state index contributed by atoms with van der Waals surface area (Å²) in [7, 11) is 1.68. The normalized spacial score (nSPS) is 10.7. The van der Waals surface area contributed by atoms with E-state index in [1.165, 1.54) is 18.3 Å². The van der Waals surface area contributed by atoms with Crippen LogP contribution in [0.5, 0.6) is 5.75 Å². The van der Waals surface area contributed by atoms with Gasteiger partial charge in [-0.05, 0) is 42.8 Å². The van der Waals surface area contributed by atoms with Gasteiger partial charge in [0, 0.05) is 18.9 Å². The summed E-state index contributed by atoms with van der Waals surface area (Å²) in [5, 5.41) is 21.4. The van der Waals surface area contributed by atoms with Crippen LogP contribution in [0.1, 0.15) is 30.1 Å². The second kappa shape index (κ2) is 10.5. The predicted octanol–water partition coefficient (Wildman–Crippen LogP) is 3.83. The number of amides is 1. The molecule has 0 atom stereocenters. The quantitative estimate of drug-likeness (QED) is 0.306. The molecule has 0 saturated heterocycles. The van der Waals surface area contributed by atoms with E-state index in [0.717, 1.165) is 12.8 Å². The van der Waals surface area contributed by atoms with Gasteiger partial charge >= 0.3 is 5.97 Å². The van der Waals surface area contributed by atoms with E-state index in [1.807, 2.05) is 13.0 Å². The van der Waals surface area contributed by atoms with Gasteiger partial charge in [0.05, 0.1) is 17.9 Å². The first kappa shape index (κ1) is 21.5. The number of unbranched alkanes of at least 4 members (excludes halogenated alkanes) is 1. The molecule has 2 aromatic rings. The Bertz CT molecular complexity index is 930. The van der Waals surface area contributed by atoms with E-state index < -0.39 is 11.9 Å². The first-order valence-electron chi connectivity index (χ1n) is 9.17. The Labute approximate surface area is 169 Å². The van der Waals surface area contributed by atoms with Gasteiger partial charge in [0.1, 0.15) is 17.4 Å². The lowest BCUT2D eigenvalue weighted by Gasteiger charge is -2.15. The Balaban J connectivity index is 2.16. The van der Waals surface area contributed by atoms with Crippen LogP contribution < -0.4 is 10.2 Å². The number of ether oxygens (including phenoxy) is 1. The lowest BCUT2D eigenvalue weighted by atomic mass is 10.1. The first-order chi connectivity index (χ1) is 14.0. The molecular weight excluding hydrogens is 370 g/mol. The number of nitriles is 1. The molecule has 0 fully saturated rings. The molecule has 0 aliphatic carbocycles. The molecule has 2 aromatic carbocycles. The van der Waals surface area contributed by atoms with Crippen LogP contribution in [0.3, 0.4) is 0 Å². The number of nitrogens with zero attached hydrogens (tertiary/aromatic N) is 2. The van der Waals surface area contributed by atoms with E-state index >= 15 is 0 Å². The molecule has 0 saturated carbocycles. The Hall–Kier alpha value is -3.79.